The van der Waals surface area contributed by atoms with E-state index in [1.165, 1.54) is 18.4 Å². The van der Waals surface area contributed by atoms with Crippen LogP contribution in [0.15, 0.2) is 24.3 Å². The number of nitrogens with zero attached hydrogens (tertiary/aromatic N) is 2. The van der Waals surface area contributed by atoms with Crippen molar-refractivity contribution in [3.8, 4) is 11.4 Å². The number of aryl methyl sites for hydroxylation is 1. The molecule has 2 N–H and O–H groups in total. The average Bonchev–Trinajstić information content (AvgIpc) is 3.26. The zero-order valence-electron chi connectivity index (χ0n) is 10.9. The summed E-state index contributed by atoms with van der Waals surface area (Å²) < 4.78 is 1.02. The Morgan fingerprint density at radius 3 is 2.47 bits per heavy atom. The molecule has 3 nitrogen and oxygen atoms in total. The number of rotatable bonds is 3. The van der Waals surface area contributed by atoms with Gasteiger partial charge in [0, 0.05) is 11.5 Å². The lowest BCUT2D eigenvalue weighted by Gasteiger charge is -2.08. The Hall–Kier alpha value is -1.17. The maximum absolute atomic E-state index is 6.02. The van der Waals surface area contributed by atoms with E-state index in [0.29, 0.717) is 11.7 Å². The minimum absolute atomic E-state index is 0.589. The number of halogens is 1. The van der Waals surface area contributed by atoms with Gasteiger partial charge in [-0.25, -0.2) is 9.97 Å². The van der Waals surface area contributed by atoms with Gasteiger partial charge in [-0.1, -0.05) is 31.2 Å². The minimum atomic E-state index is 0.589. The zero-order chi connectivity index (χ0) is 13.4. The van der Waals surface area contributed by atoms with Crippen molar-refractivity contribution in [3.63, 3.8) is 0 Å². The fourth-order valence-corrected chi connectivity index (χ4v) is 2.81. The fourth-order valence-electron chi connectivity index (χ4n) is 2.13. The van der Waals surface area contributed by atoms with Crippen LogP contribution < -0.4 is 5.73 Å². The summed E-state index contributed by atoms with van der Waals surface area (Å²) in [7, 11) is 0. The summed E-state index contributed by atoms with van der Waals surface area (Å²) in [5.74, 6) is 1.94. The molecule has 0 saturated heterocycles. The molecule has 1 saturated carbocycles. The van der Waals surface area contributed by atoms with E-state index in [2.05, 4.69) is 58.8 Å². The molecule has 1 heterocycles. The molecule has 0 bridgehead atoms. The number of hydrogen-bond donors (Lipinski definition) is 1. The van der Waals surface area contributed by atoms with Crippen LogP contribution in [0.5, 0.6) is 0 Å². The first-order valence-electron chi connectivity index (χ1n) is 6.61. The molecule has 19 heavy (non-hydrogen) atoms. The fraction of sp³-hybridized carbons (Fsp3) is 0.333. The van der Waals surface area contributed by atoms with E-state index in [1.807, 2.05) is 0 Å². The van der Waals surface area contributed by atoms with Crippen molar-refractivity contribution in [2.75, 3.05) is 5.73 Å². The van der Waals surface area contributed by atoms with Crippen molar-refractivity contribution in [2.24, 2.45) is 0 Å². The van der Waals surface area contributed by atoms with Gasteiger partial charge in [0.25, 0.3) is 0 Å². The molecule has 3 rings (SSSR count). The minimum Gasteiger partial charge on any atom is -0.383 e. The smallest absolute Gasteiger partial charge is 0.161 e. The van der Waals surface area contributed by atoms with Crippen LogP contribution in [0, 0.1) is 3.57 Å². The topological polar surface area (TPSA) is 51.8 Å². The van der Waals surface area contributed by atoms with Crippen LogP contribution in [0.1, 0.15) is 36.9 Å². The van der Waals surface area contributed by atoms with Crippen LogP contribution in [0.3, 0.4) is 0 Å². The second-order valence-corrected chi connectivity index (χ2v) is 6.04. The first-order valence-corrected chi connectivity index (χ1v) is 7.69. The van der Waals surface area contributed by atoms with Crippen LogP contribution in [0.2, 0.25) is 0 Å². The van der Waals surface area contributed by atoms with Crippen molar-refractivity contribution in [3.05, 3.63) is 39.1 Å². The van der Waals surface area contributed by atoms with Gasteiger partial charge in [0.1, 0.15) is 5.82 Å². The highest BCUT2D eigenvalue weighted by molar-refractivity contribution is 14.1. The van der Waals surface area contributed by atoms with Crippen molar-refractivity contribution < 1.29 is 0 Å². The number of nitrogen functional groups attached to an aromatic ring is 1. The maximum Gasteiger partial charge on any atom is 0.161 e. The van der Waals surface area contributed by atoms with E-state index >= 15 is 0 Å². The summed E-state index contributed by atoms with van der Waals surface area (Å²) in [6.45, 7) is 2.15. The molecule has 98 valence electrons. The first-order chi connectivity index (χ1) is 9.19. The largest absolute Gasteiger partial charge is 0.383 e. The standard InChI is InChI=1S/C15H16IN3/c1-2-9-3-5-11(6-4-9)15-18-13(10-7-8-10)12(16)14(17)19-15/h3-6,10H,2,7-8H2,1H3,(H2,17,18,19). The van der Waals surface area contributed by atoms with Crippen LogP contribution in [0.25, 0.3) is 11.4 Å². The molecular weight excluding hydrogens is 349 g/mol. The molecule has 1 aromatic heterocycles. The molecule has 1 fully saturated rings. The number of benzene rings is 1. The summed E-state index contributed by atoms with van der Waals surface area (Å²) in [5.41, 5.74) is 9.52. The number of nitrogens with two attached hydrogens (primary N) is 1. The summed E-state index contributed by atoms with van der Waals surface area (Å²) in [5, 5.41) is 0. The van der Waals surface area contributed by atoms with E-state index in [9.17, 15) is 0 Å². The molecular formula is C15H16IN3. The normalized spacial score (nSPS) is 14.6. The monoisotopic (exact) mass is 365 g/mol. The Bertz CT molecular complexity index is 604. The van der Waals surface area contributed by atoms with Crippen LogP contribution in [0.4, 0.5) is 5.82 Å². The van der Waals surface area contributed by atoms with Crippen LogP contribution in [-0.2, 0) is 6.42 Å². The van der Waals surface area contributed by atoms with Gasteiger partial charge in [-0.05, 0) is 47.4 Å². The van der Waals surface area contributed by atoms with Crippen molar-refractivity contribution in [2.45, 2.75) is 32.1 Å². The SMILES string of the molecule is CCc1ccc(-c2nc(N)c(I)c(C3CC3)n2)cc1. The van der Waals surface area contributed by atoms with E-state index in [1.54, 1.807) is 0 Å². The summed E-state index contributed by atoms with van der Waals surface area (Å²) in [6.07, 6.45) is 3.49. The highest BCUT2D eigenvalue weighted by Crippen LogP contribution is 2.42. The highest BCUT2D eigenvalue weighted by Gasteiger charge is 2.29. The molecule has 0 aliphatic heterocycles. The third-order valence-corrected chi connectivity index (χ3v) is 4.59. The Morgan fingerprint density at radius 2 is 1.89 bits per heavy atom. The zero-order valence-corrected chi connectivity index (χ0v) is 13.0. The second-order valence-electron chi connectivity index (χ2n) is 4.96. The van der Waals surface area contributed by atoms with Gasteiger partial charge in [0.05, 0.1) is 9.26 Å². The summed E-state index contributed by atoms with van der Waals surface area (Å²) >= 11 is 2.26. The molecule has 0 unspecified atom stereocenters. The maximum atomic E-state index is 6.02. The van der Waals surface area contributed by atoms with Gasteiger partial charge >= 0.3 is 0 Å². The lowest BCUT2D eigenvalue weighted by molar-refractivity contribution is 0.982. The molecule has 1 aromatic carbocycles. The number of aromatic nitrogens is 2. The molecule has 1 aliphatic carbocycles. The van der Waals surface area contributed by atoms with Crippen molar-refractivity contribution in [1.29, 1.82) is 0 Å². The predicted octanol–water partition coefficient (Wildman–Crippen LogP) is 3.77. The lowest BCUT2D eigenvalue weighted by atomic mass is 10.1. The summed E-state index contributed by atoms with van der Waals surface area (Å²) in [6, 6.07) is 8.42. The Balaban J connectivity index is 2.03. The molecule has 0 atom stereocenters. The third-order valence-electron chi connectivity index (χ3n) is 3.49. The lowest BCUT2D eigenvalue weighted by Crippen LogP contribution is -2.04. The molecule has 0 spiro atoms. The van der Waals surface area contributed by atoms with E-state index in [4.69, 9.17) is 10.7 Å². The van der Waals surface area contributed by atoms with Gasteiger partial charge in [-0.15, -0.1) is 0 Å². The molecule has 1 aliphatic rings. The number of anilines is 1. The highest BCUT2D eigenvalue weighted by atomic mass is 127. The second kappa shape index (κ2) is 5.07. The van der Waals surface area contributed by atoms with E-state index in [0.717, 1.165) is 27.1 Å². The number of hydrogen-bond acceptors (Lipinski definition) is 3. The predicted molar refractivity (Wildman–Crippen MR) is 86.0 cm³/mol. The van der Waals surface area contributed by atoms with Crippen LogP contribution >= 0.6 is 22.6 Å². The molecule has 0 amide bonds. The molecule has 0 radical (unpaired) electrons. The molecule has 2 aromatic rings. The van der Waals surface area contributed by atoms with Gasteiger partial charge in [0.2, 0.25) is 0 Å². The van der Waals surface area contributed by atoms with E-state index in [-0.39, 0.29) is 0 Å². The van der Waals surface area contributed by atoms with Crippen LogP contribution in [-0.4, -0.2) is 9.97 Å². The van der Waals surface area contributed by atoms with Crippen molar-refractivity contribution >= 4 is 28.4 Å². The summed E-state index contributed by atoms with van der Waals surface area (Å²) in [4.78, 5) is 9.15. The van der Waals surface area contributed by atoms with Gasteiger partial charge in [0.15, 0.2) is 5.82 Å². The third kappa shape index (κ3) is 2.59. The average molecular weight is 365 g/mol. The quantitative estimate of drug-likeness (QED) is 0.843. The Kier molecular flexibility index (Phi) is 3.43. The van der Waals surface area contributed by atoms with Gasteiger partial charge in [-0.2, -0.15) is 0 Å². The first kappa shape index (κ1) is 12.8. The molecule has 4 heteroatoms. The van der Waals surface area contributed by atoms with Gasteiger partial charge in [-0.3, -0.25) is 0 Å². The Morgan fingerprint density at radius 1 is 1.21 bits per heavy atom. The van der Waals surface area contributed by atoms with E-state index < -0.39 is 0 Å². The van der Waals surface area contributed by atoms with Crippen molar-refractivity contribution in [1.82, 2.24) is 9.97 Å². The Labute approximate surface area is 126 Å². The van der Waals surface area contributed by atoms with Gasteiger partial charge < -0.3 is 5.73 Å².